The molecule has 0 radical (unpaired) electrons. The van der Waals surface area contributed by atoms with Crippen molar-refractivity contribution in [1.29, 1.82) is 0 Å². The van der Waals surface area contributed by atoms with Crippen molar-refractivity contribution in [2.24, 2.45) is 0 Å². The number of hydrogen-bond donors (Lipinski definition) is 1. The van der Waals surface area contributed by atoms with E-state index in [4.69, 9.17) is 4.74 Å². The van der Waals surface area contributed by atoms with Crippen molar-refractivity contribution in [1.82, 2.24) is 0 Å². The lowest BCUT2D eigenvalue weighted by Gasteiger charge is -2.28. The van der Waals surface area contributed by atoms with Crippen LogP contribution in [0.3, 0.4) is 0 Å². The molecular formula is C20H32O4S2. The van der Waals surface area contributed by atoms with Gasteiger partial charge < -0.3 is 9.84 Å². The molecule has 1 aromatic rings. The van der Waals surface area contributed by atoms with Gasteiger partial charge in [-0.05, 0) is 29.9 Å². The van der Waals surface area contributed by atoms with Gasteiger partial charge in [0.15, 0.2) is 0 Å². The lowest BCUT2D eigenvalue weighted by Crippen LogP contribution is -2.18. The van der Waals surface area contributed by atoms with Gasteiger partial charge in [-0.25, -0.2) is 0 Å². The van der Waals surface area contributed by atoms with Gasteiger partial charge in [0, 0.05) is 38.3 Å². The zero-order valence-electron chi connectivity index (χ0n) is 17.0. The maximum atomic E-state index is 12.0. The van der Waals surface area contributed by atoms with Crippen molar-refractivity contribution in [2.45, 2.75) is 64.2 Å². The highest BCUT2D eigenvalue weighted by molar-refractivity contribution is 8.00. The highest BCUT2D eigenvalue weighted by Crippen LogP contribution is 2.41. The molecule has 148 valence electrons. The predicted molar refractivity (Wildman–Crippen MR) is 111 cm³/mol. The van der Waals surface area contributed by atoms with E-state index in [2.05, 4.69) is 41.5 Å². The summed E-state index contributed by atoms with van der Waals surface area (Å²) < 4.78 is 16.8. The van der Waals surface area contributed by atoms with E-state index in [0.29, 0.717) is 23.9 Å². The van der Waals surface area contributed by atoms with Crippen molar-refractivity contribution < 1.29 is 18.8 Å². The van der Waals surface area contributed by atoms with Crippen molar-refractivity contribution >= 4 is 28.5 Å². The normalized spacial score (nSPS) is 13.5. The Bertz CT molecular complexity index is 620. The van der Waals surface area contributed by atoms with Crippen molar-refractivity contribution in [3.05, 3.63) is 23.3 Å². The monoisotopic (exact) mass is 400 g/mol. The highest BCUT2D eigenvalue weighted by atomic mass is 32.2. The number of esters is 1. The van der Waals surface area contributed by atoms with Crippen LogP contribution in [-0.4, -0.2) is 39.2 Å². The van der Waals surface area contributed by atoms with Crippen molar-refractivity contribution in [2.75, 3.05) is 23.9 Å². The minimum Gasteiger partial charge on any atom is -0.507 e. The number of hydrogen-bond acceptors (Lipinski definition) is 5. The van der Waals surface area contributed by atoms with Crippen LogP contribution in [0.2, 0.25) is 0 Å². The molecule has 0 aliphatic heterocycles. The van der Waals surface area contributed by atoms with Gasteiger partial charge in [0.1, 0.15) is 11.5 Å². The average Bonchev–Trinajstić information content (AvgIpc) is 2.46. The second kappa shape index (κ2) is 9.27. The van der Waals surface area contributed by atoms with E-state index in [-0.39, 0.29) is 16.6 Å². The van der Waals surface area contributed by atoms with Gasteiger partial charge in [-0.15, -0.1) is 11.8 Å². The molecule has 0 aliphatic rings. The first kappa shape index (κ1) is 23.0. The lowest BCUT2D eigenvalue weighted by molar-refractivity contribution is -0.139. The molecule has 0 fully saturated rings. The van der Waals surface area contributed by atoms with E-state index in [0.717, 1.165) is 16.0 Å². The Morgan fingerprint density at radius 3 is 2.04 bits per heavy atom. The third-order valence-electron chi connectivity index (χ3n) is 3.86. The molecule has 0 spiro atoms. The average molecular weight is 401 g/mol. The summed E-state index contributed by atoms with van der Waals surface area (Å²) >= 11 is 1.60. The Kier molecular flexibility index (Phi) is 8.21. The number of carbonyl (C=O) groups is 1. The maximum absolute atomic E-state index is 12.0. The van der Waals surface area contributed by atoms with E-state index in [1.807, 2.05) is 12.1 Å². The van der Waals surface area contributed by atoms with Crippen LogP contribution in [0.25, 0.3) is 0 Å². The fourth-order valence-corrected chi connectivity index (χ4v) is 4.70. The molecule has 0 saturated heterocycles. The number of benzene rings is 1. The molecule has 0 heterocycles. The number of thioether (sulfide) groups is 1. The number of rotatable bonds is 7. The second-order valence-corrected chi connectivity index (χ2v) is 11.1. The van der Waals surface area contributed by atoms with Gasteiger partial charge in [0.25, 0.3) is 0 Å². The number of ether oxygens (including phenoxy) is 1. The molecule has 1 rings (SSSR count). The molecule has 0 bridgehead atoms. The third-order valence-corrected chi connectivity index (χ3v) is 6.32. The van der Waals surface area contributed by atoms with Crippen molar-refractivity contribution in [3.63, 3.8) is 0 Å². The highest BCUT2D eigenvalue weighted by Gasteiger charge is 2.26. The van der Waals surface area contributed by atoms with Crippen LogP contribution in [-0.2, 0) is 31.2 Å². The summed E-state index contributed by atoms with van der Waals surface area (Å²) in [5.74, 6) is 0.972. The van der Waals surface area contributed by atoms with Crippen LogP contribution < -0.4 is 0 Å². The zero-order valence-corrected chi connectivity index (χ0v) is 18.6. The first-order valence-electron chi connectivity index (χ1n) is 8.87. The fourth-order valence-electron chi connectivity index (χ4n) is 2.49. The Morgan fingerprint density at radius 2 is 1.62 bits per heavy atom. The van der Waals surface area contributed by atoms with Gasteiger partial charge in [0.05, 0.1) is 6.61 Å². The summed E-state index contributed by atoms with van der Waals surface area (Å²) in [6.45, 7) is 14.5. The lowest BCUT2D eigenvalue weighted by atomic mass is 9.79. The van der Waals surface area contributed by atoms with Gasteiger partial charge >= 0.3 is 5.97 Å². The number of carbonyl (C=O) groups excluding carboxylic acids is 1. The number of aromatic hydroxyl groups is 1. The van der Waals surface area contributed by atoms with E-state index < -0.39 is 16.8 Å². The summed E-state index contributed by atoms with van der Waals surface area (Å²) in [6, 6.07) is 4.03. The number of phenols is 1. The Morgan fingerprint density at radius 1 is 1.12 bits per heavy atom. The molecule has 1 atom stereocenters. The van der Waals surface area contributed by atoms with E-state index in [1.165, 1.54) is 0 Å². The summed E-state index contributed by atoms with van der Waals surface area (Å²) in [4.78, 5) is 12.4. The topological polar surface area (TPSA) is 63.6 Å². The molecule has 1 N–H and O–H groups in total. The summed E-state index contributed by atoms with van der Waals surface area (Å²) in [7, 11) is -1.22. The van der Waals surface area contributed by atoms with Crippen LogP contribution in [0.1, 0.15) is 59.6 Å². The van der Waals surface area contributed by atoms with Crippen LogP contribution in [0.15, 0.2) is 17.0 Å². The van der Waals surface area contributed by atoms with Crippen LogP contribution in [0, 0.1) is 0 Å². The van der Waals surface area contributed by atoms with Crippen LogP contribution in [0.4, 0.5) is 0 Å². The van der Waals surface area contributed by atoms with Crippen LogP contribution >= 0.6 is 11.8 Å². The number of phenolic OH excluding ortho intramolecular Hbond substituents is 1. The maximum Gasteiger partial charge on any atom is 0.318 e. The first-order chi connectivity index (χ1) is 11.9. The van der Waals surface area contributed by atoms with Crippen LogP contribution in [0.5, 0.6) is 5.75 Å². The molecule has 0 aromatic heterocycles. The summed E-state index contributed by atoms with van der Waals surface area (Å²) in [5.41, 5.74) is 1.49. The van der Waals surface area contributed by atoms with E-state index in [1.54, 1.807) is 18.7 Å². The molecule has 6 heteroatoms. The Labute approximate surface area is 164 Å². The zero-order chi connectivity index (χ0) is 20.1. The minimum absolute atomic E-state index is 0.0511. The Hall–Kier alpha value is -1.01. The third kappa shape index (κ3) is 6.95. The molecule has 0 amide bonds. The van der Waals surface area contributed by atoms with Gasteiger partial charge in [-0.3, -0.25) is 9.00 Å². The quantitative estimate of drug-likeness (QED) is 0.543. The SMILES string of the molecule is CCOC(=O)CS(=O)CCSc1cc(C(C)(C)C)c(O)c(C(C)(C)C)c1. The molecule has 0 aliphatic carbocycles. The van der Waals surface area contributed by atoms with Gasteiger partial charge in [-0.1, -0.05) is 41.5 Å². The molecule has 1 unspecified atom stereocenters. The molecular weight excluding hydrogens is 368 g/mol. The second-order valence-electron chi connectivity index (χ2n) is 8.31. The first-order valence-corrected chi connectivity index (χ1v) is 11.3. The van der Waals surface area contributed by atoms with Gasteiger partial charge in [0.2, 0.25) is 0 Å². The smallest absolute Gasteiger partial charge is 0.318 e. The van der Waals surface area contributed by atoms with E-state index >= 15 is 0 Å². The van der Waals surface area contributed by atoms with E-state index in [9.17, 15) is 14.1 Å². The molecule has 26 heavy (non-hydrogen) atoms. The summed E-state index contributed by atoms with van der Waals surface area (Å²) in [6.07, 6.45) is 0. The minimum atomic E-state index is -1.22. The van der Waals surface area contributed by atoms with Gasteiger partial charge in [-0.2, -0.15) is 0 Å². The fraction of sp³-hybridized carbons (Fsp3) is 0.650. The summed E-state index contributed by atoms with van der Waals surface area (Å²) in [5, 5.41) is 10.7. The largest absolute Gasteiger partial charge is 0.507 e. The molecule has 1 aromatic carbocycles. The Balaban J connectivity index is 2.90. The molecule has 0 saturated carbocycles. The molecule has 4 nitrogen and oxygen atoms in total. The predicted octanol–water partition coefficient (Wildman–Crippen LogP) is 4.39. The standard InChI is InChI=1S/C20H32O4S2/c1-8-24-17(21)13-26(23)10-9-25-14-11-15(19(2,3)4)18(22)16(12-14)20(5,6)7/h11-12,22H,8-10,13H2,1-7H3. The van der Waals surface area contributed by atoms with Crippen molar-refractivity contribution in [3.8, 4) is 5.75 Å².